The summed E-state index contributed by atoms with van der Waals surface area (Å²) in [5.41, 5.74) is 0.316. The van der Waals surface area contributed by atoms with Gasteiger partial charge in [-0.1, -0.05) is 19.1 Å². The van der Waals surface area contributed by atoms with Crippen molar-refractivity contribution in [3.63, 3.8) is 0 Å². The molecular formula is C14H19NO5S2. The van der Waals surface area contributed by atoms with E-state index in [0.717, 1.165) is 0 Å². The molecule has 2 rings (SSSR count). The van der Waals surface area contributed by atoms with Crippen molar-refractivity contribution in [3.05, 3.63) is 29.8 Å². The highest BCUT2D eigenvalue weighted by Crippen LogP contribution is 2.25. The molecule has 6 nitrogen and oxygen atoms in total. The Morgan fingerprint density at radius 1 is 1.36 bits per heavy atom. The van der Waals surface area contributed by atoms with Crippen molar-refractivity contribution in [2.24, 2.45) is 0 Å². The van der Waals surface area contributed by atoms with Crippen LogP contribution in [0.25, 0.3) is 0 Å². The summed E-state index contributed by atoms with van der Waals surface area (Å²) in [6, 6.07) is 5.29. The molecule has 22 heavy (non-hydrogen) atoms. The first-order valence-corrected chi connectivity index (χ1v) is 10.3. The topological polar surface area (TPSA) is 88.6 Å². The highest BCUT2D eigenvalue weighted by molar-refractivity contribution is 7.92. The van der Waals surface area contributed by atoms with E-state index in [4.69, 9.17) is 0 Å². The van der Waals surface area contributed by atoms with Gasteiger partial charge in [-0.15, -0.1) is 0 Å². The first-order valence-electron chi connectivity index (χ1n) is 7.00. The van der Waals surface area contributed by atoms with Crippen LogP contribution < -0.4 is 0 Å². The number of sulfone groups is 1. The number of benzene rings is 1. The largest absolute Gasteiger partial charge is 0.295 e. The van der Waals surface area contributed by atoms with Crippen LogP contribution in [-0.2, 0) is 19.9 Å². The SMILES string of the molecule is CCN([C@@H]1CCS(=O)(=O)C1)S(=O)(=O)c1cccc(C(C)=O)c1. The van der Waals surface area contributed by atoms with E-state index in [9.17, 15) is 21.6 Å². The minimum absolute atomic E-state index is 0.0111. The number of carbonyl (C=O) groups is 1. The maximum Gasteiger partial charge on any atom is 0.243 e. The van der Waals surface area contributed by atoms with Crippen LogP contribution >= 0.6 is 0 Å². The van der Waals surface area contributed by atoms with E-state index < -0.39 is 25.9 Å². The molecule has 0 unspecified atom stereocenters. The summed E-state index contributed by atoms with van der Waals surface area (Å²) in [6.45, 7) is 3.23. The number of sulfonamides is 1. The highest BCUT2D eigenvalue weighted by Gasteiger charge is 2.37. The molecule has 1 fully saturated rings. The third-order valence-electron chi connectivity index (χ3n) is 3.77. The van der Waals surface area contributed by atoms with E-state index in [1.54, 1.807) is 13.0 Å². The highest BCUT2D eigenvalue weighted by atomic mass is 32.2. The number of hydrogen-bond acceptors (Lipinski definition) is 5. The first kappa shape index (κ1) is 17.1. The summed E-state index contributed by atoms with van der Waals surface area (Å²) in [5, 5.41) is 0. The Morgan fingerprint density at radius 2 is 2.05 bits per heavy atom. The fraction of sp³-hybridized carbons (Fsp3) is 0.500. The predicted octanol–water partition coefficient (Wildman–Crippen LogP) is 1.09. The van der Waals surface area contributed by atoms with Crippen molar-refractivity contribution >= 4 is 25.6 Å². The van der Waals surface area contributed by atoms with Crippen molar-refractivity contribution in [2.45, 2.75) is 31.2 Å². The van der Waals surface area contributed by atoms with Crippen LogP contribution in [0.1, 0.15) is 30.6 Å². The van der Waals surface area contributed by atoms with Gasteiger partial charge in [-0.05, 0) is 25.5 Å². The molecule has 0 aromatic heterocycles. The number of hydrogen-bond donors (Lipinski definition) is 0. The summed E-state index contributed by atoms with van der Waals surface area (Å²) in [7, 11) is -7.00. The lowest BCUT2D eigenvalue weighted by Crippen LogP contribution is -2.40. The van der Waals surface area contributed by atoms with Gasteiger partial charge in [0.25, 0.3) is 0 Å². The third kappa shape index (κ3) is 3.39. The van der Waals surface area contributed by atoms with E-state index in [2.05, 4.69) is 0 Å². The van der Waals surface area contributed by atoms with Gasteiger partial charge < -0.3 is 0 Å². The number of rotatable bonds is 5. The normalized spacial score (nSPS) is 21.1. The van der Waals surface area contributed by atoms with E-state index >= 15 is 0 Å². The van der Waals surface area contributed by atoms with Crippen LogP contribution in [0.2, 0.25) is 0 Å². The lowest BCUT2D eigenvalue weighted by molar-refractivity contribution is 0.101. The summed E-state index contributed by atoms with van der Waals surface area (Å²) < 4.78 is 49.9. The molecule has 0 spiro atoms. The number of Topliss-reactive ketones (excluding diaryl/α,β-unsaturated/α-hetero) is 1. The molecule has 1 aliphatic rings. The predicted molar refractivity (Wildman–Crippen MR) is 83.1 cm³/mol. The standard InChI is InChI=1S/C14H19NO5S2/c1-3-15(13-7-8-21(17,18)10-13)22(19,20)14-6-4-5-12(9-14)11(2)16/h4-6,9,13H,3,7-8,10H2,1-2H3/t13-/m1/s1. The Balaban J connectivity index is 2.39. The van der Waals surface area contributed by atoms with E-state index in [1.165, 1.54) is 29.4 Å². The van der Waals surface area contributed by atoms with Gasteiger partial charge in [-0.2, -0.15) is 4.31 Å². The van der Waals surface area contributed by atoms with Crippen molar-refractivity contribution < 1.29 is 21.6 Å². The minimum Gasteiger partial charge on any atom is -0.295 e. The number of ketones is 1. The molecule has 8 heteroatoms. The third-order valence-corrected chi connectivity index (χ3v) is 7.55. The minimum atomic E-state index is -3.82. The van der Waals surface area contributed by atoms with Gasteiger partial charge in [0.15, 0.2) is 15.6 Å². The molecule has 0 bridgehead atoms. The molecule has 0 saturated carbocycles. The fourth-order valence-corrected chi connectivity index (χ4v) is 6.17. The smallest absolute Gasteiger partial charge is 0.243 e. The van der Waals surface area contributed by atoms with Crippen LogP contribution in [0.5, 0.6) is 0 Å². The Hall–Kier alpha value is -1.25. The average molecular weight is 345 g/mol. The van der Waals surface area contributed by atoms with Gasteiger partial charge in [0.1, 0.15) is 0 Å². The molecule has 1 aromatic rings. The van der Waals surface area contributed by atoms with E-state index in [0.29, 0.717) is 12.0 Å². The molecule has 122 valence electrons. The van der Waals surface area contributed by atoms with E-state index in [1.807, 2.05) is 0 Å². The molecule has 0 amide bonds. The fourth-order valence-electron chi connectivity index (χ4n) is 2.64. The quantitative estimate of drug-likeness (QED) is 0.745. The molecule has 0 N–H and O–H groups in total. The van der Waals surface area contributed by atoms with Gasteiger partial charge in [0, 0.05) is 18.2 Å². The molecule has 1 aromatic carbocycles. The summed E-state index contributed by atoms with van der Waals surface area (Å²) in [6.07, 6.45) is 0.307. The zero-order chi connectivity index (χ0) is 16.5. The maximum absolute atomic E-state index is 12.8. The summed E-state index contributed by atoms with van der Waals surface area (Å²) in [4.78, 5) is 11.4. The Morgan fingerprint density at radius 3 is 2.55 bits per heavy atom. The summed E-state index contributed by atoms with van der Waals surface area (Å²) in [5.74, 6) is -0.354. The zero-order valence-electron chi connectivity index (χ0n) is 12.5. The van der Waals surface area contributed by atoms with Crippen molar-refractivity contribution in [1.29, 1.82) is 0 Å². The van der Waals surface area contributed by atoms with Crippen molar-refractivity contribution in [3.8, 4) is 0 Å². The Kier molecular flexibility index (Phi) is 4.74. The lowest BCUT2D eigenvalue weighted by Gasteiger charge is -2.26. The van der Waals surface area contributed by atoms with Crippen molar-refractivity contribution in [1.82, 2.24) is 4.31 Å². The summed E-state index contributed by atoms with van der Waals surface area (Å²) >= 11 is 0. The van der Waals surface area contributed by atoms with Crippen LogP contribution in [0.4, 0.5) is 0 Å². The Labute approximate surface area is 131 Å². The van der Waals surface area contributed by atoms with Gasteiger partial charge in [0.2, 0.25) is 10.0 Å². The van der Waals surface area contributed by atoms with Gasteiger partial charge in [-0.25, -0.2) is 16.8 Å². The molecule has 0 aliphatic carbocycles. The van der Waals surface area contributed by atoms with Crippen LogP contribution in [0.15, 0.2) is 29.2 Å². The van der Waals surface area contributed by atoms with Crippen LogP contribution in [0, 0.1) is 0 Å². The molecular weight excluding hydrogens is 326 g/mol. The second kappa shape index (κ2) is 6.10. The monoisotopic (exact) mass is 345 g/mol. The Bertz CT molecular complexity index is 783. The maximum atomic E-state index is 12.8. The number of nitrogens with zero attached hydrogens (tertiary/aromatic N) is 1. The molecule has 0 radical (unpaired) electrons. The van der Waals surface area contributed by atoms with Gasteiger partial charge >= 0.3 is 0 Å². The van der Waals surface area contributed by atoms with Gasteiger partial charge in [-0.3, -0.25) is 4.79 Å². The first-order chi connectivity index (χ1) is 10.2. The molecule has 1 heterocycles. The lowest BCUT2D eigenvalue weighted by atomic mass is 10.2. The second-order valence-electron chi connectivity index (χ2n) is 5.35. The van der Waals surface area contributed by atoms with E-state index in [-0.39, 0.29) is 28.7 Å². The zero-order valence-corrected chi connectivity index (χ0v) is 14.2. The molecule has 1 saturated heterocycles. The second-order valence-corrected chi connectivity index (χ2v) is 9.47. The van der Waals surface area contributed by atoms with Gasteiger partial charge in [0.05, 0.1) is 16.4 Å². The number of carbonyl (C=O) groups excluding carboxylic acids is 1. The molecule has 1 aliphatic heterocycles. The van der Waals surface area contributed by atoms with Crippen LogP contribution in [-0.4, -0.2) is 51.0 Å². The van der Waals surface area contributed by atoms with Crippen molar-refractivity contribution in [2.75, 3.05) is 18.1 Å². The average Bonchev–Trinajstić information content (AvgIpc) is 2.79. The molecule has 1 atom stereocenters. The van der Waals surface area contributed by atoms with Crippen LogP contribution in [0.3, 0.4) is 0 Å².